The molecule has 0 saturated carbocycles. The molecule has 0 spiro atoms. The fraction of sp³-hybridized carbons (Fsp3) is 0.463. The zero-order chi connectivity index (χ0) is 71.2. The molecule has 0 fully saturated rings. The number of benzene rings is 3. The topological polar surface area (TPSA) is 165 Å². The molecule has 10 aromatic rings. The normalized spacial score (nSPS) is 14.6. The van der Waals surface area contributed by atoms with E-state index in [0.717, 1.165) is 220 Å². The van der Waals surface area contributed by atoms with Gasteiger partial charge >= 0.3 is 0 Å². The molecule has 10 nitrogen and oxygen atoms in total. The van der Waals surface area contributed by atoms with Crippen molar-refractivity contribution in [3.8, 4) is 24.3 Å². The number of rotatable bonds is 34. The summed E-state index contributed by atoms with van der Waals surface area (Å²) >= 11 is 7.88. The van der Waals surface area contributed by atoms with Crippen LogP contribution in [0.25, 0.3) is 95.4 Å². The van der Waals surface area contributed by atoms with Crippen LogP contribution in [-0.2, 0) is 25.9 Å². The predicted octanol–water partition coefficient (Wildman–Crippen LogP) is 25.8. The van der Waals surface area contributed by atoms with Gasteiger partial charge in [-0.15, -0.1) is 45.3 Å². The molecule has 0 saturated heterocycles. The van der Waals surface area contributed by atoms with Crippen LogP contribution in [0.4, 0.5) is 17.6 Å². The van der Waals surface area contributed by atoms with Crippen molar-refractivity contribution in [1.82, 2.24) is 17.9 Å². The van der Waals surface area contributed by atoms with Gasteiger partial charge in [0, 0.05) is 67.0 Å². The number of carbonyl (C=O) groups is 2. The summed E-state index contributed by atoms with van der Waals surface area (Å²) in [5.74, 6) is -5.32. The molecule has 0 N–H and O–H groups in total. The Bertz CT molecular complexity index is 4830. The lowest BCUT2D eigenvalue weighted by Gasteiger charge is -2.20. The maximum Gasteiger partial charge on any atom is 0.194 e. The first-order valence-electron chi connectivity index (χ1n) is 36.9. The Morgan fingerprint density at radius 2 is 0.772 bits per heavy atom. The van der Waals surface area contributed by atoms with E-state index in [0.29, 0.717) is 25.9 Å². The number of hydrogen-bond donors (Lipinski definition) is 0. The molecule has 19 heteroatoms. The number of aryl methyl sites for hydroxylation is 2. The lowest BCUT2D eigenvalue weighted by molar-refractivity contribution is 0.103. The average molecular weight is 1450 g/mol. The van der Waals surface area contributed by atoms with Gasteiger partial charge in [0.05, 0.1) is 62.0 Å². The highest BCUT2D eigenvalue weighted by Crippen LogP contribution is 2.56. The van der Waals surface area contributed by atoms with Gasteiger partial charge in [0.15, 0.2) is 34.8 Å². The number of carbonyl (C=O) groups excluding carboxylic acids is 2. The number of nitrogens with zero attached hydrogens (tertiary/aromatic N) is 8. The molecule has 2 aliphatic rings. The van der Waals surface area contributed by atoms with E-state index in [-0.39, 0.29) is 67.5 Å². The number of ketones is 2. The number of allylic oxidation sites excluding steroid dienone is 6. The van der Waals surface area contributed by atoms with Crippen molar-refractivity contribution in [3.05, 3.63) is 113 Å². The molecule has 3 aromatic carbocycles. The number of fused-ring (bicyclic) bond motifs is 16. The molecule has 0 amide bonds. The molecule has 524 valence electrons. The highest BCUT2D eigenvalue weighted by Gasteiger charge is 2.39. The second kappa shape index (κ2) is 32.8. The number of halogens is 4. The number of nitriles is 4. The van der Waals surface area contributed by atoms with Crippen molar-refractivity contribution < 1.29 is 27.2 Å². The van der Waals surface area contributed by atoms with Gasteiger partial charge in [0.25, 0.3) is 0 Å². The van der Waals surface area contributed by atoms with Gasteiger partial charge in [-0.1, -0.05) is 183 Å². The third-order valence-corrected chi connectivity index (χ3v) is 26.8. The zero-order valence-corrected chi connectivity index (χ0v) is 62.9. The molecule has 7 aromatic heterocycles. The lowest BCUT2D eigenvalue weighted by atomic mass is 9.98. The largest absolute Gasteiger partial charge is 0.337 e. The molecule has 0 bridgehead atoms. The monoisotopic (exact) mass is 1450 g/mol. The van der Waals surface area contributed by atoms with Gasteiger partial charge in [0.1, 0.15) is 46.5 Å². The molecule has 12 rings (SSSR count). The summed E-state index contributed by atoms with van der Waals surface area (Å²) in [6.45, 7) is 14.9. The fourth-order valence-electron chi connectivity index (χ4n) is 15.6. The summed E-state index contributed by atoms with van der Waals surface area (Å²) < 4.78 is 83.0. The maximum atomic E-state index is 15.2. The number of unbranched alkanes of at least 4 members (excludes halogenated alkanes) is 18. The summed E-state index contributed by atoms with van der Waals surface area (Å²) in [4.78, 5) is 31.1. The first kappa shape index (κ1) is 73.1. The third-order valence-electron chi connectivity index (χ3n) is 21.1. The summed E-state index contributed by atoms with van der Waals surface area (Å²) in [5, 5.41) is 43.8. The Morgan fingerprint density at radius 3 is 1.11 bits per heavy atom. The van der Waals surface area contributed by atoms with Crippen molar-refractivity contribution in [2.75, 3.05) is 0 Å². The number of hydrogen-bond acceptors (Lipinski definition) is 13. The molecular weight excluding hydrogens is 1370 g/mol. The van der Waals surface area contributed by atoms with Crippen molar-refractivity contribution >= 4 is 164 Å². The van der Waals surface area contributed by atoms with Crippen LogP contribution in [0.5, 0.6) is 0 Å². The van der Waals surface area contributed by atoms with Crippen LogP contribution in [0.15, 0.2) is 46.6 Å². The van der Waals surface area contributed by atoms with Crippen LogP contribution in [0.2, 0.25) is 0 Å². The summed E-state index contributed by atoms with van der Waals surface area (Å²) in [7, 11) is 0. The van der Waals surface area contributed by atoms with Crippen LogP contribution in [0.3, 0.4) is 0 Å². The van der Waals surface area contributed by atoms with Crippen molar-refractivity contribution in [3.63, 3.8) is 0 Å². The second-order valence-electron chi connectivity index (χ2n) is 27.7. The van der Waals surface area contributed by atoms with Gasteiger partial charge in [-0.05, 0) is 109 Å². The fourth-order valence-corrected chi connectivity index (χ4v) is 22.1. The van der Waals surface area contributed by atoms with Crippen LogP contribution in [0, 0.1) is 80.4 Å². The van der Waals surface area contributed by atoms with E-state index in [1.807, 2.05) is 24.3 Å². The smallest absolute Gasteiger partial charge is 0.194 e. The van der Waals surface area contributed by atoms with Crippen molar-refractivity contribution in [2.45, 2.75) is 234 Å². The Balaban J connectivity index is 1.14. The minimum Gasteiger partial charge on any atom is -0.337 e. The maximum absolute atomic E-state index is 15.2. The summed E-state index contributed by atoms with van der Waals surface area (Å²) in [6, 6.07) is 11.5. The van der Waals surface area contributed by atoms with E-state index in [1.54, 1.807) is 57.5 Å². The Hall–Kier alpha value is -7.62. The van der Waals surface area contributed by atoms with E-state index in [4.69, 9.17) is 8.75 Å². The van der Waals surface area contributed by atoms with Gasteiger partial charge in [-0.2, -0.15) is 29.8 Å². The Morgan fingerprint density at radius 1 is 0.436 bits per heavy atom. The minimum atomic E-state index is -1.19. The van der Waals surface area contributed by atoms with E-state index < -0.39 is 34.8 Å². The predicted molar refractivity (Wildman–Crippen MR) is 412 cm³/mol. The highest BCUT2D eigenvalue weighted by atomic mass is 32.1. The van der Waals surface area contributed by atoms with Gasteiger partial charge in [0.2, 0.25) is 0 Å². The summed E-state index contributed by atoms with van der Waals surface area (Å²) in [6.07, 6.45) is 33.4. The van der Waals surface area contributed by atoms with Crippen LogP contribution < -0.4 is 0 Å². The molecular formula is C82H86F4N8O2S5. The van der Waals surface area contributed by atoms with E-state index in [9.17, 15) is 30.6 Å². The van der Waals surface area contributed by atoms with E-state index in [1.165, 1.54) is 75.9 Å². The Kier molecular flexibility index (Phi) is 23.7. The number of aromatic nitrogens is 4. The summed E-state index contributed by atoms with van der Waals surface area (Å²) in [5.41, 5.74) is 7.35. The number of Topliss-reactive ketones (excluding diaryl/α,β-unsaturated/α-hetero) is 2. The van der Waals surface area contributed by atoms with Gasteiger partial charge < -0.3 is 9.13 Å². The van der Waals surface area contributed by atoms with Crippen LogP contribution >= 0.6 is 57.1 Å². The first-order valence-corrected chi connectivity index (χ1v) is 40.9. The SMILES string of the molecule is CCCCCCCCCCCc1c(/C=C2\C(=O)c3cc(F)c(F)cc3C2=C(C#N)C#N)sc2c1sc1c3c4nsnc4c4c5sc6c(CCCCCCCCCCC)c(/C=C7\C(=O)c8cc(F)c(F)cc8C7=C(C#N)C#N)sc6c5n(CC(CC)CCCC)c4c3n(CC(CC)CCCC)c21. The second-order valence-corrected chi connectivity index (χ2v) is 32.4. The molecule has 0 radical (unpaired) electrons. The standard InChI is InChI=1S/C82H86F4N8O2S5/c1-7-13-17-19-21-23-25-27-29-33-51-63(39-57-65(49(41-87)42-88)53-35-59(83)61(85)37-55(53)75(57)95)97-81-73-79(99-77(51)81)67-69-70(92-101-91-69)68-72(71(67)93(73)45-47(11-5)31-15-9-3)94(46-48(12-6)32-16-10-4)74-80(68)100-78-52(34-30-28-26-24-22-20-18-14-8-2)64(98-82(74)78)40-58-66(50(43-89)44-90)54-36-60(84)62(86)38-56(54)76(58)96/h35-40,47-48H,7-34,45-46H2,1-6H3/b57-39-,58-40-. The first-order chi connectivity index (χ1) is 49.2. The molecule has 7 heterocycles. The van der Waals surface area contributed by atoms with E-state index >= 15 is 17.6 Å². The highest BCUT2D eigenvalue weighted by molar-refractivity contribution is 7.34. The van der Waals surface area contributed by atoms with Gasteiger partial charge in [-0.25, -0.2) is 17.6 Å². The van der Waals surface area contributed by atoms with Crippen LogP contribution in [0.1, 0.15) is 261 Å². The molecule has 2 atom stereocenters. The molecule has 101 heavy (non-hydrogen) atoms. The van der Waals surface area contributed by atoms with Crippen molar-refractivity contribution in [2.24, 2.45) is 11.8 Å². The molecule has 2 aliphatic carbocycles. The Labute approximate surface area is 609 Å². The van der Waals surface area contributed by atoms with Crippen molar-refractivity contribution in [1.29, 1.82) is 21.0 Å². The quantitative estimate of drug-likeness (QED) is 0.0166. The van der Waals surface area contributed by atoms with Crippen LogP contribution in [-0.4, -0.2) is 29.4 Å². The third kappa shape index (κ3) is 14.0. The van der Waals surface area contributed by atoms with E-state index in [2.05, 4.69) is 50.7 Å². The molecule has 2 unspecified atom stereocenters. The minimum absolute atomic E-state index is 0.00503. The average Bonchev–Trinajstić information content (AvgIpc) is 1.51. The zero-order valence-electron chi connectivity index (χ0n) is 58.8. The lowest BCUT2D eigenvalue weighted by Crippen LogP contribution is -2.13. The van der Waals surface area contributed by atoms with Gasteiger partial charge in [-0.3, -0.25) is 9.59 Å². The molecule has 0 aliphatic heterocycles. The number of thiophene rings is 4.